The zero-order chi connectivity index (χ0) is 9.14. The zero-order valence-corrected chi connectivity index (χ0v) is 6.90. The number of Topliss-reactive ketones (excluding diaryl/α,β-unsaturated/α-hetero) is 1. The van der Waals surface area contributed by atoms with Crippen LogP contribution >= 0.6 is 0 Å². The Bertz CT molecular complexity index is 309. The van der Waals surface area contributed by atoms with Gasteiger partial charge in [-0.05, 0) is 6.07 Å². The van der Waals surface area contributed by atoms with Gasteiger partial charge in [0.05, 0.1) is 7.11 Å². The number of hydrogen-bond acceptors (Lipinski definition) is 3. The van der Waals surface area contributed by atoms with Gasteiger partial charge in [0, 0.05) is 13.0 Å². The van der Waals surface area contributed by atoms with Gasteiger partial charge in [-0.2, -0.15) is 4.73 Å². The Kier molecular flexibility index (Phi) is 2.28. The first-order valence-electron chi connectivity index (χ1n) is 3.44. The SMILES string of the molecule is COc1ccc[n+]([O-])c1C(C)=O. The number of carbonyl (C=O) groups is 1. The molecule has 0 radical (unpaired) electrons. The largest absolute Gasteiger partial charge is 0.618 e. The minimum atomic E-state index is -0.303. The molecule has 0 aliphatic carbocycles. The molecule has 0 aliphatic rings. The molecule has 0 unspecified atom stereocenters. The molecule has 4 nitrogen and oxygen atoms in total. The molecular weight excluding hydrogens is 158 g/mol. The summed E-state index contributed by atoms with van der Waals surface area (Å²) in [5, 5.41) is 11.1. The van der Waals surface area contributed by atoms with Crippen molar-refractivity contribution in [1.82, 2.24) is 0 Å². The highest BCUT2D eigenvalue weighted by molar-refractivity contribution is 5.93. The van der Waals surface area contributed by atoms with Crippen LogP contribution in [0.5, 0.6) is 5.75 Å². The summed E-state index contributed by atoms with van der Waals surface area (Å²) in [6.45, 7) is 1.33. The Morgan fingerprint density at radius 1 is 1.67 bits per heavy atom. The summed E-state index contributed by atoms with van der Waals surface area (Å²) in [5.74, 6) is 0.00227. The number of hydrogen-bond donors (Lipinski definition) is 0. The van der Waals surface area contributed by atoms with Crippen molar-refractivity contribution in [2.24, 2.45) is 0 Å². The molecule has 0 saturated carbocycles. The quantitative estimate of drug-likeness (QED) is 0.367. The molecule has 1 aromatic rings. The van der Waals surface area contributed by atoms with E-state index in [-0.39, 0.29) is 11.5 Å². The first-order chi connectivity index (χ1) is 5.66. The summed E-state index contributed by atoms with van der Waals surface area (Å²) >= 11 is 0. The summed E-state index contributed by atoms with van der Waals surface area (Å²) in [4.78, 5) is 10.9. The van der Waals surface area contributed by atoms with Gasteiger partial charge in [0.15, 0.2) is 11.9 Å². The number of ketones is 1. The summed E-state index contributed by atoms with van der Waals surface area (Å²) in [7, 11) is 1.42. The average molecular weight is 167 g/mol. The third-order valence-corrected chi connectivity index (χ3v) is 1.48. The molecule has 12 heavy (non-hydrogen) atoms. The topological polar surface area (TPSA) is 53.2 Å². The van der Waals surface area contributed by atoms with Crippen molar-refractivity contribution in [3.8, 4) is 5.75 Å². The highest BCUT2D eigenvalue weighted by Crippen LogP contribution is 2.12. The average Bonchev–Trinajstić information content (AvgIpc) is 2.03. The molecule has 1 aromatic heterocycles. The van der Waals surface area contributed by atoms with Crippen LogP contribution in [0.3, 0.4) is 0 Å². The predicted molar refractivity (Wildman–Crippen MR) is 42.0 cm³/mol. The normalized spacial score (nSPS) is 9.50. The first kappa shape index (κ1) is 8.52. The van der Waals surface area contributed by atoms with Gasteiger partial charge >= 0.3 is 5.69 Å². The number of carbonyl (C=O) groups excluding carboxylic acids is 1. The maximum atomic E-state index is 11.1. The van der Waals surface area contributed by atoms with Crippen LogP contribution in [-0.2, 0) is 0 Å². The molecular formula is C8H9NO3. The minimum Gasteiger partial charge on any atom is -0.618 e. The monoisotopic (exact) mass is 167 g/mol. The summed E-state index contributed by atoms with van der Waals surface area (Å²) in [6, 6.07) is 3.10. The molecule has 1 rings (SSSR count). The molecule has 0 atom stereocenters. The number of ether oxygens (including phenoxy) is 1. The van der Waals surface area contributed by atoms with E-state index in [1.807, 2.05) is 0 Å². The van der Waals surface area contributed by atoms with Crippen LogP contribution in [-0.4, -0.2) is 12.9 Å². The molecule has 64 valence electrons. The molecule has 0 amide bonds. The summed E-state index contributed by atoms with van der Waals surface area (Å²) in [6.07, 6.45) is 1.26. The van der Waals surface area contributed by atoms with E-state index in [0.717, 1.165) is 0 Å². The molecule has 0 saturated heterocycles. The molecule has 1 heterocycles. The van der Waals surface area contributed by atoms with Crippen LogP contribution in [0.25, 0.3) is 0 Å². The lowest BCUT2D eigenvalue weighted by molar-refractivity contribution is -0.608. The number of methoxy groups -OCH3 is 1. The van der Waals surface area contributed by atoms with Crippen LogP contribution < -0.4 is 9.47 Å². The molecule has 0 aromatic carbocycles. The third kappa shape index (κ3) is 1.37. The van der Waals surface area contributed by atoms with Crippen LogP contribution in [0.2, 0.25) is 0 Å². The second-order valence-corrected chi connectivity index (χ2v) is 2.31. The van der Waals surface area contributed by atoms with E-state index in [1.54, 1.807) is 6.07 Å². The van der Waals surface area contributed by atoms with Gasteiger partial charge in [-0.15, -0.1) is 0 Å². The van der Waals surface area contributed by atoms with E-state index in [1.165, 1.54) is 26.3 Å². The van der Waals surface area contributed by atoms with Crippen molar-refractivity contribution in [1.29, 1.82) is 0 Å². The Morgan fingerprint density at radius 2 is 2.33 bits per heavy atom. The lowest BCUT2D eigenvalue weighted by Crippen LogP contribution is -2.33. The fourth-order valence-corrected chi connectivity index (χ4v) is 0.964. The van der Waals surface area contributed by atoms with Gasteiger partial charge in [0.25, 0.3) is 0 Å². The fourth-order valence-electron chi connectivity index (χ4n) is 0.964. The van der Waals surface area contributed by atoms with E-state index in [0.29, 0.717) is 10.5 Å². The second-order valence-electron chi connectivity index (χ2n) is 2.31. The Morgan fingerprint density at radius 3 is 2.75 bits per heavy atom. The van der Waals surface area contributed by atoms with E-state index < -0.39 is 0 Å². The molecule has 0 spiro atoms. The Hall–Kier alpha value is -1.58. The number of aromatic nitrogens is 1. The Labute approximate surface area is 70.0 Å². The fraction of sp³-hybridized carbons (Fsp3) is 0.250. The Balaban J connectivity index is 3.29. The van der Waals surface area contributed by atoms with Gasteiger partial charge in [-0.1, -0.05) is 0 Å². The van der Waals surface area contributed by atoms with E-state index in [9.17, 15) is 10.0 Å². The zero-order valence-electron chi connectivity index (χ0n) is 6.90. The molecule has 0 aliphatic heterocycles. The van der Waals surface area contributed by atoms with E-state index in [4.69, 9.17) is 4.74 Å². The van der Waals surface area contributed by atoms with Crippen molar-refractivity contribution < 1.29 is 14.3 Å². The van der Waals surface area contributed by atoms with E-state index >= 15 is 0 Å². The standard InChI is InChI=1S/C8H9NO3/c1-6(10)8-7(12-2)4-3-5-9(8)11/h3-5H,1-2H3. The second kappa shape index (κ2) is 3.21. The van der Waals surface area contributed by atoms with Gasteiger partial charge in [0.2, 0.25) is 5.78 Å². The summed E-state index contributed by atoms with van der Waals surface area (Å²) < 4.78 is 5.35. The van der Waals surface area contributed by atoms with Gasteiger partial charge < -0.3 is 9.94 Å². The van der Waals surface area contributed by atoms with Crippen molar-refractivity contribution in [3.05, 3.63) is 29.2 Å². The molecule has 0 fully saturated rings. The maximum absolute atomic E-state index is 11.1. The van der Waals surface area contributed by atoms with Crippen molar-refractivity contribution >= 4 is 5.78 Å². The van der Waals surface area contributed by atoms with Gasteiger partial charge in [-0.25, -0.2) is 0 Å². The maximum Gasteiger partial charge on any atom is 0.301 e. The lowest BCUT2D eigenvalue weighted by atomic mass is 10.2. The highest BCUT2D eigenvalue weighted by Gasteiger charge is 2.17. The minimum absolute atomic E-state index is 0.0417. The first-order valence-corrected chi connectivity index (χ1v) is 3.44. The molecule has 0 bridgehead atoms. The summed E-state index contributed by atoms with van der Waals surface area (Å²) in [5.41, 5.74) is 0.0417. The van der Waals surface area contributed by atoms with Crippen LogP contribution in [0, 0.1) is 5.21 Å². The predicted octanol–water partition coefficient (Wildman–Crippen LogP) is 0.531. The molecule has 0 N–H and O–H groups in total. The molecule has 4 heteroatoms. The highest BCUT2D eigenvalue weighted by atomic mass is 16.5. The van der Waals surface area contributed by atoms with Crippen molar-refractivity contribution in [2.45, 2.75) is 6.92 Å². The van der Waals surface area contributed by atoms with Crippen molar-refractivity contribution in [3.63, 3.8) is 0 Å². The van der Waals surface area contributed by atoms with E-state index in [2.05, 4.69) is 0 Å². The van der Waals surface area contributed by atoms with Crippen LogP contribution in [0.1, 0.15) is 17.4 Å². The van der Waals surface area contributed by atoms with Crippen LogP contribution in [0.4, 0.5) is 0 Å². The number of rotatable bonds is 2. The third-order valence-electron chi connectivity index (χ3n) is 1.48. The number of nitrogens with zero attached hydrogens (tertiary/aromatic N) is 1. The lowest BCUT2D eigenvalue weighted by Gasteiger charge is -2.04. The van der Waals surface area contributed by atoms with Gasteiger partial charge in [-0.3, -0.25) is 4.79 Å². The van der Waals surface area contributed by atoms with Crippen molar-refractivity contribution in [2.75, 3.05) is 7.11 Å². The number of pyridine rings is 1. The smallest absolute Gasteiger partial charge is 0.301 e. The van der Waals surface area contributed by atoms with Crippen LogP contribution in [0.15, 0.2) is 18.3 Å². The van der Waals surface area contributed by atoms with Gasteiger partial charge in [0.1, 0.15) is 0 Å².